The van der Waals surface area contributed by atoms with Gasteiger partial charge in [0.1, 0.15) is 11.0 Å². The van der Waals surface area contributed by atoms with Crippen LogP contribution in [0.2, 0.25) is 0 Å². The van der Waals surface area contributed by atoms with E-state index in [2.05, 4.69) is 32.9 Å². The monoisotopic (exact) mass is 495 g/mol. The van der Waals surface area contributed by atoms with E-state index in [1.54, 1.807) is 14.2 Å². The van der Waals surface area contributed by atoms with Gasteiger partial charge >= 0.3 is 0 Å². The number of ether oxygens (including phenoxy) is 1. The molecule has 0 unspecified atom stereocenters. The van der Waals surface area contributed by atoms with Gasteiger partial charge in [-0.25, -0.2) is 4.99 Å². The van der Waals surface area contributed by atoms with Crippen molar-refractivity contribution in [3.63, 3.8) is 0 Å². The summed E-state index contributed by atoms with van der Waals surface area (Å²) in [6.45, 7) is 0. The summed E-state index contributed by atoms with van der Waals surface area (Å²) in [7, 11) is 3.28. The average Bonchev–Trinajstić information content (AvgIpc) is 2.92. The van der Waals surface area contributed by atoms with Crippen LogP contribution in [0.5, 0.6) is 5.75 Å². The fourth-order valence-corrected chi connectivity index (χ4v) is 3.99. The number of halogens is 1. The lowest BCUT2D eigenvalue weighted by Crippen LogP contribution is -2.30. The Morgan fingerprint density at radius 1 is 1.22 bits per heavy atom. The number of thioether (sulfide) groups is 1. The van der Waals surface area contributed by atoms with E-state index in [1.807, 2.05) is 48.5 Å². The van der Waals surface area contributed by atoms with Gasteiger partial charge in [-0.1, -0.05) is 11.8 Å². The first kappa shape index (κ1) is 19.7. The van der Waals surface area contributed by atoms with Crippen LogP contribution in [-0.2, 0) is 9.59 Å². The van der Waals surface area contributed by atoms with Gasteiger partial charge in [0.15, 0.2) is 5.17 Å². The number of aliphatic imine (C=N–C) groups is 1. The van der Waals surface area contributed by atoms with Crippen LogP contribution >= 0.6 is 34.4 Å². The van der Waals surface area contributed by atoms with Crippen LogP contribution < -0.4 is 10.1 Å². The number of hydrogen-bond acceptors (Lipinski definition) is 5. The highest BCUT2D eigenvalue weighted by molar-refractivity contribution is 14.1. The second kappa shape index (κ2) is 8.75. The maximum Gasteiger partial charge on any atom is 0.242 e. The van der Waals surface area contributed by atoms with Crippen molar-refractivity contribution in [3.05, 3.63) is 52.1 Å². The predicted molar refractivity (Wildman–Crippen MR) is 117 cm³/mol. The molecule has 0 spiro atoms. The summed E-state index contributed by atoms with van der Waals surface area (Å²) >= 11 is 3.51. The van der Waals surface area contributed by atoms with E-state index >= 15 is 0 Å². The molecule has 2 amide bonds. The number of hydrogen-bond donors (Lipinski definition) is 1. The lowest BCUT2D eigenvalue weighted by Gasteiger charge is -2.09. The number of amidine groups is 1. The Hall–Kier alpha value is -2.07. The molecular weight excluding hydrogens is 477 g/mol. The summed E-state index contributed by atoms with van der Waals surface area (Å²) in [6.07, 6.45) is 0.0987. The topological polar surface area (TPSA) is 71.0 Å². The number of amides is 2. The van der Waals surface area contributed by atoms with Crippen molar-refractivity contribution in [2.45, 2.75) is 11.7 Å². The van der Waals surface area contributed by atoms with Crippen LogP contribution in [0.25, 0.3) is 0 Å². The Bertz CT molecular complexity index is 869. The maximum absolute atomic E-state index is 12.5. The fraction of sp³-hybridized carbons (Fsp3) is 0.211. The Labute approximate surface area is 175 Å². The van der Waals surface area contributed by atoms with Crippen molar-refractivity contribution in [2.75, 3.05) is 19.5 Å². The molecule has 0 saturated carbocycles. The van der Waals surface area contributed by atoms with Crippen molar-refractivity contribution >= 4 is 62.7 Å². The lowest BCUT2D eigenvalue weighted by atomic mass is 10.2. The van der Waals surface area contributed by atoms with E-state index in [-0.39, 0.29) is 18.2 Å². The van der Waals surface area contributed by atoms with E-state index < -0.39 is 5.25 Å². The third-order valence-corrected chi connectivity index (χ3v) is 5.88. The van der Waals surface area contributed by atoms with Gasteiger partial charge in [0.2, 0.25) is 11.8 Å². The maximum atomic E-state index is 12.5. The van der Waals surface area contributed by atoms with Gasteiger partial charge < -0.3 is 10.1 Å². The molecule has 1 heterocycles. The van der Waals surface area contributed by atoms with Crippen LogP contribution in [0.1, 0.15) is 6.42 Å². The number of carbonyl (C=O) groups is 2. The van der Waals surface area contributed by atoms with Crippen molar-refractivity contribution in [2.24, 2.45) is 4.99 Å². The van der Waals surface area contributed by atoms with E-state index in [0.29, 0.717) is 5.17 Å². The van der Waals surface area contributed by atoms with Crippen LogP contribution in [0.3, 0.4) is 0 Å². The molecule has 2 aromatic rings. The average molecular weight is 495 g/mol. The Morgan fingerprint density at radius 2 is 1.89 bits per heavy atom. The minimum atomic E-state index is -0.476. The molecule has 2 aromatic carbocycles. The van der Waals surface area contributed by atoms with E-state index in [4.69, 9.17) is 4.74 Å². The van der Waals surface area contributed by atoms with Crippen molar-refractivity contribution in [1.82, 2.24) is 4.90 Å². The minimum absolute atomic E-state index is 0.0987. The molecule has 0 radical (unpaired) electrons. The van der Waals surface area contributed by atoms with E-state index in [0.717, 1.165) is 20.7 Å². The smallest absolute Gasteiger partial charge is 0.242 e. The number of anilines is 1. The zero-order valence-corrected chi connectivity index (χ0v) is 17.8. The van der Waals surface area contributed by atoms with Crippen LogP contribution in [-0.4, -0.2) is 41.3 Å². The van der Waals surface area contributed by atoms with Gasteiger partial charge in [0.05, 0.1) is 12.8 Å². The standard InChI is InChI=1S/C19H18IN3O3S/c1-23-18(25)16(11-17(24)21-13-5-3-12(20)4-6-13)27-19(23)22-14-7-9-15(26-2)10-8-14/h3-10,16H,11H2,1-2H3,(H,21,24)/t16-/m1/s1. The molecule has 1 saturated heterocycles. The number of carbonyl (C=O) groups excluding carboxylic acids is 2. The molecule has 1 fully saturated rings. The molecule has 0 bridgehead atoms. The number of rotatable bonds is 5. The predicted octanol–water partition coefficient (Wildman–Crippen LogP) is 3.89. The van der Waals surface area contributed by atoms with E-state index in [9.17, 15) is 9.59 Å². The summed E-state index contributed by atoms with van der Waals surface area (Å²) in [6, 6.07) is 14.8. The van der Waals surface area contributed by atoms with Crippen LogP contribution in [0, 0.1) is 3.57 Å². The Kier molecular flexibility index (Phi) is 6.38. The van der Waals surface area contributed by atoms with Gasteiger partial charge in [0, 0.05) is 22.7 Å². The Balaban J connectivity index is 1.65. The molecule has 6 nitrogen and oxygen atoms in total. The summed E-state index contributed by atoms with van der Waals surface area (Å²) in [5.41, 5.74) is 1.44. The molecule has 1 N–H and O–H groups in total. The van der Waals surface area contributed by atoms with Crippen LogP contribution in [0.4, 0.5) is 11.4 Å². The van der Waals surface area contributed by atoms with Gasteiger partial charge in [-0.15, -0.1) is 0 Å². The van der Waals surface area contributed by atoms with Gasteiger partial charge in [-0.05, 0) is 71.1 Å². The SMILES string of the molecule is COc1ccc(N=C2S[C@H](CC(=O)Nc3ccc(I)cc3)C(=O)N2C)cc1. The van der Waals surface area contributed by atoms with Gasteiger partial charge in [-0.2, -0.15) is 0 Å². The normalized spacial score (nSPS) is 18.0. The highest BCUT2D eigenvalue weighted by Crippen LogP contribution is 2.31. The number of nitrogens with one attached hydrogen (secondary N) is 1. The lowest BCUT2D eigenvalue weighted by molar-refractivity contribution is -0.127. The third-order valence-electron chi connectivity index (χ3n) is 3.94. The van der Waals surface area contributed by atoms with Gasteiger partial charge in [0.25, 0.3) is 0 Å². The largest absolute Gasteiger partial charge is 0.497 e. The number of benzene rings is 2. The summed E-state index contributed by atoms with van der Waals surface area (Å²) < 4.78 is 6.22. The third kappa shape index (κ3) is 5.01. The molecule has 1 aliphatic rings. The minimum Gasteiger partial charge on any atom is -0.497 e. The summed E-state index contributed by atoms with van der Waals surface area (Å²) in [5.74, 6) is 0.429. The first-order valence-corrected chi connectivity index (χ1v) is 10.1. The first-order valence-electron chi connectivity index (χ1n) is 8.18. The molecule has 8 heteroatoms. The quantitative estimate of drug-likeness (QED) is 0.640. The van der Waals surface area contributed by atoms with Crippen molar-refractivity contribution < 1.29 is 14.3 Å². The molecule has 3 rings (SSSR count). The van der Waals surface area contributed by atoms with Crippen LogP contribution in [0.15, 0.2) is 53.5 Å². The molecule has 0 aliphatic carbocycles. The summed E-state index contributed by atoms with van der Waals surface area (Å²) in [4.78, 5) is 30.8. The number of nitrogens with zero attached hydrogens (tertiary/aromatic N) is 2. The van der Waals surface area contributed by atoms with Gasteiger partial charge in [-0.3, -0.25) is 14.5 Å². The first-order chi connectivity index (χ1) is 13.0. The van der Waals surface area contributed by atoms with E-state index in [1.165, 1.54) is 16.7 Å². The van der Waals surface area contributed by atoms with Crippen molar-refractivity contribution in [1.29, 1.82) is 0 Å². The molecule has 1 aliphatic heterocycles. The second-order valence-corrected chi connectivity index (χ2v) is 8.27. The molecule has 1 atom stereocenters. The fourth-order valence-electron chi connectivity index (χ4n) is 2.48. The highest BCUT2D eigenvalue weighted by atomic mass is 127. The molecular formula is C19H18IN3O3S. The molecule has 0 aromatic heterocycles. The second-order valence-electron chi connectivity index (χ2n) is 5.86. The zero-order valence-electron chi connectivity index (χ0n) is 14.8. The molecule has 140 valence electrons. The van der Waals surface area contributed by atoms with Crippen molar-refractivity contribution in [3.8, 4) is 5.75 Å². The summed E-state index contributed by atoms with van der Waals surface area (Å²) in [5, 5.41) is 2.93. The Morgan fingerprint density at radius 3 is 2.52 bits per heavy atom. The highest BCUT2D eigenvalue weighted by Gasteiger charge is 2.36. The number of methoxy groups -OCH3 is 1. The molecule has 27 heavy (non-hydrogen) atoms. The zero-order chi connectivity index (χ0) is 19.4.